The molecule has 2 N–H and O–H groups in total. The number of morpholine rings is 1. The molecule has 0 spiro atoms. The molecule has 1 aromatic carbocycles. The lowest BCUT2D eigenvalue weighted by Gasteiger charge is -2.34. The number of hydrogen-bond acceptors (Lipinski definition) is 7. The minimum atomic E-state index is -0.842. The Hall–Kier alpha value is -2.95. The van der Waals surface area contributed by atoms with E-state index in [1.165, 1.54) is 12.1 Å². The van der Waals surface area contributed by atoms with Crippen LogP contribution in [0.5, 0.6) is 0 Å². The molecule has 2 heterocycles. The van der Waals surface area contributed by atoms with Crippen LogP contribution < -0.4 is 10.6 Å². The quantitative estimate of drug-likeness (QED) is 0.406. The monoisotopic (exact) mass is 492 g/mol. The third kappa shape index (κ3) is 6.34. The normalized spacial score (nSPS) is 16.1. The highest BCUT2D eigenvalue weighted by molar-refractivity contribution is 6.32. The number of nitro benzene ring substituents is 1. The molecule has 0 bridgehead atoms. The number of nitro groups is 1. The predicted octanol–water partition coefficient (Wildman–Crippen LogP) is 3.09. The Morgan fingerprint density at radius 2 is 1.91 bits per heavy atom. The Balaban J connectivity index is 1.70. The van der Waals surface area contributed by atoms with Crippen molar-refractivity contribution in [2.45, 2.75) is 32.9 Å². The highest BCUT2D eigenvalue weighted by atomic mass is 35.5. The van der Waals surface area contributed by atoms with Gasteiger partial charge in [-0.3, -0.25) is 24.6 Å². The van der Waals surface area contributed by atoms with E-state index in [-0.39, 0.29) is 40.7 Å². The number of furan rings is 1. The highest BCUT2D eigenvalue weighted by Gasteiger charge is 2.29. The number of hydrogen-bond donors (Lipinski definition) is 2. The predicted molar refractivity (Wildman–Crippen MR) is 126 cm³/mol. The maximum Gasteiger partial charge on any atom is 0.288 e. The topological polar surface area (TPSA) is 127 Å². The number of carbonyl (C=O) groups is 2. The molecule has 184 valence electrons. The summed E-state index contributed by atoms with van der Waals surface area (Å²) < 4.78 is 11.3. The van der Waals surface area contributed by atoms with Gasteiger partial charge in [0.25, 0.3) is 11.6 Å². The second-order valence-corrected chi connectivity index (χ2v) is 8.88. The summed E-state index contributed by atoms with van der Waals surface area (Å²) in [6.07, 6.45) is 0. The number of nitrogens with one attached hydrogen (secondary N) is 2. The first-order valence-corrected chi connectivity index (χ1v) is 11.5. The molecule has 2 atom stereocenters. The highest BCUT2D eigenvalue weighted by Crippen LogP contribution is 2.26. The first-order chi connectivity index (χ1) is 16.2. The lowest BCUT2D eigenvalue weighted by Crippen LogP contribution is -2.51. The van der Waals surface area contributed by atoms with Gasteiger partial charge >= 0.3 is 0 Å². The number of rotatable bonds is 9. The zero-order valence-corrected chi connectivity index (χ0v) is 20.1. The minimum Gasteiger partial charge on any atom is -0.465 e. The zero-order valence-electron chi connectivity index (χ0n) is 19.4. The van der Waals surface area contributed by atoms with E-state index in [1.807, 2.05) is 32.9 Å². The number of benzene rings is 1. The molecule has 2 aromatic rings. The third-order valence-electron chi connectivity index (χ3n) is 5.69. The average molecular weight is 493 g/mol. The number of carbonyl (C=O) groups excluding carboxylic acids is 2. The van der Waals surface area contributed by atoms with Gasteiger partial charge in [0.2, 0.25) is 5.91 Å². The molecule has 1 aliphatic rings. The third-order valence-corrected chi connectivity index (χ3v) is 6.01. The lowest BCUT2D eigenvalue weighted by atomic mass is 10.0. The molecule has 1 fully saturated rings. The van der Waals surface area contributed by atoms with Crippen molar-refractivity contribution < 1.29 is 23.7 Å². The Labute approximate surface area is 202 Å². The largest absolute Gasteiger partial charge is 0.465 e. The zero-order chi connectivity index (χ0) is 24.8. The summed E-state index contributed by atoms with van der Waals surface area (Å²) >= 11 is 5.83. The molecule has 2 unspecified atom stereocenters. The van der Waals surface area contributed by atoms with E-state index in [1.54, 1.807) is 0 Å². The molecule has 0 saturated carbocycles. The van der Waals surface area contributed by atoms with Gasteiger partial charge in [-0.1, -0.05) is 25.4 Å². The summed E-state index contributed by atoms with van der Waals surface area (Å²) in [7, 11) is 0. The van der Waals surface area contributed by atoms with E-state index in [0.29, 0.717) is 26.3 Å². The fourth-order valence-electron chi connectivity index (χ4n) is 3.79. The second kappa shape index (κ2) is 11.5. The van der Waals surface area contributed by atoms with Gasteiger partial charge in [0.15, 0.2) is 0 Å². The van der Waals surface area contributed by atoms with Gasteiger partial charge in [-0.2, -0.15) is 0 Å². The number of halogens is 1. The van der Waals surface area contributed by atoms with Crippen LogP contribution in [0.2, 0.25) is 5.02 Å². The molecule has 10 nitrogen and oxygen atoms in total. The smallest absolute Gasteiger partial charge is 0.288 e. The number of aryl methyl sites for hydroxylation is 1. The van der Waals surface area contributed by atoms with Gasteiger partial charge < -0.3 is 19.8 Å². The number of ether oxygens (including phenoxy) is 1. The summed E-state index contributed by atoms with van der Waals surface area (Å²) in [6, 6.07) is 6.53. The molecular formula is C23H29ClN4O6. The Morgan fingerprint density at radius 1 is 1.21 bits per heavy atom. The molecule has 34 heavy (non-hydrogen) atoms. The van der Waals surface area contributed by atoms with Crippen LogP contribution in [0.15, 0.2) is 34.7 Å². The molecule has 0 radical (unpaired) electrons. The van der Waals surface area contributed by atoms with Crippen LogP contribution in [0.25, 0.3) is 0 Å². The van der Waals surface area contributed by atoms with E-state index in [0.717, 1.165) is 17.6 Å². The fraction of sp³-hybridized carbons (Fsp3) is 0.478. The SMILES string of the molecule is Cc1ccc(C(CNC(=O)C(NC(=O)c2ccc(Cl)c([N+](=O)[O-])c2)C(C)C)N2CCOCC2)o1. The van der Waals surface area contributed by atoms with Crippen molar-refractivity contribution in [1.29, 1.82) is 0 Å². The maximum atomic E-state index is 13.1. The van der Waals surface area contributed by atoms with E-state index in [2.05, 4.69) is 15.5 Å². The van der Waals surface area contributed by atoms with Gasteiger partial charge in [0, 0.05) is 31.3 Å². The van der Waals surface area contributed by atoms with Crippen molar-refractivity contribution in [3.63, 3.8) is 0 Å². The minimum absolute atomic E-state index is 0.0480. The average Bonchev–Trinajstić information content (AvgIpc) is 3.23. The Kier molecular flexibility index (Phi) is 8.65. The molecule has 11 heteroatoms. The van der Waals surface area contributed by atoms with Crippen LogP contribution in [-0.4, -0.2) is 60.5 Å². The molecule has 1 aromatic heterocycles. The lowest BCUT2D eigenvalue weighted by molar-refractivity contribution is -0.384. The molecule has 3 rings (SSSR count). The van der Waals surface area contributed by atoms with Crippen molar-refractivity contribution in [2.24, 2.45) is 5.92 Å². The number of nitrogens with zero attached hydrogens (tertiary/aromatic N) is 2. The van der Waals surface area contributed by atoms with Crippen molar-refractivity contribution in [3.8, 4) is 0 Å². The van der Waals surface area contributed by atoms with Crippen LogP contribution in [0, 0.1) is 23.0 Å². The van der Waals surface area contributed by atoms with Crippen LogP contribution in [0.4, 0.5) is 5.69 Å². The Morgan fingerprint density at radius 3 is 2.50 bits per heavy atom. The Bertz CT molecular complexity index is 1030. The van der Waals surface area contributed by atoms with Gasteiger partial charge in [0.05, 0.1) is 24.2 Å². The molecule has 0 aliphatic carbocycles. The second-order valence-electron chi connectivity index (χ2n) is 8.48. The van der Waals surface area contributed by atoms with Crippen LogP contribution in [-0.2, 0) is 9.53 Å². The summed E-state index contributed by atoms with van der Waals surface area (Å²) in [4.78, 5) is 38.5. The standard InChI is InChI=1S/C23H29ClN4O6/c1-14(2)21(26-22(29)16-5-6-17(24)18(12-16)28(31)32)23(30)25-13-19(20-7-4-15(3)34-20)27-8-10-33-11-9-27/h4-7,12,14,19,21H,8-11,13H2,1-3H3,(H,25,30)(H,26,29). The molecular weight excluding hydrogens is 464 g/mol. The first kappa shape index (κ1) is 25.7. The van der Waals surface area contributed by atoms with E-state index >= 15 is 0 Å². The van der Waals surface area contributed by atoms with Crippen LogP contribution in [0.1, 0.15) is 41.8 Å². The molecule has 2 amide bonds. The van der Waals surface area contributed by atoms with Crippen molar-refractivity contribution in [3.05, 3.63) is 62.6 Å². The van der Waals surface area contributed by atoms with E-state index in [4.69, 9.17) is 20.8 Å². The van der Waals surface area contributed by atoms with Crippen molar-refractivity contribution >= 4 is 29.1 Å². The summed E-state index contributed by atoms with van der Waals surface area (Å²) in [6.45, 7) is 8.39. The van der Waals surface area contributed by atoms with Crippen molar-refractivity contribution in [2.75, 3.05) is 32.8 Å². The fourth-order valence-corrected chi connectivity index (χ4v) is 3.98. The first-order valence-electron chi connectivity index (χ1n) is 11.1. The van der Waals surface area contributed by atoms with Crippen LogP contribution in [0.3, 0.4) is 0 Å². The molecule has 1 saturated heterocycles. The maximum absolute atomic E-state index is 13.1. The van der Waals surface area contributed by atoms with E-state index < -0.39 is 16.9 Å². The van der Waals surface area contributed by atoms with Gasteiger partial charge in [-0.05, 0) is 37.1 Å². The summed E-state index contributed by atoms with van der Waals surface area (Å²) in [5.74, 6) is 0.356. The van der Waals surface area contributed by atoms with Gasteiger partial charge in [-0.15, -0.1) is 0 Å². The summed E-state index contributed by atoms with van der Waals surface area (Å²) in [5.41, 5.74) is -0.325. The van der Waals surface area contributed by atoms with Gasteiger partial charge in [0.1, 0.15) is 22.6 Å². The van der Waals surface area contributed by atoms with E-state index in [9.17, 15) is 19.7 Å². The van der Waals surface area contributed by atoms with Crippen molar-refractivity contribution in [1.82, 2.24) is 15.5 Å². The van der Waals surface area contributed by atoms with Gasteiger partial charge in [-0.25, -0.2) is 0 Å². The van der Waals surface area contributed by atoms with Crippen LogP contribution >= 0.6 is 11.6 Å². The number of amides is 2. The molecule has 1 aliphatic heterocycles. The summed E-state index contributed by atoms with van der Waals surface area (Å²) in [5, 5.41) is 16.7.